The zero-order chi connectivity index (χ0) is 19.9. The van der Waals surface area contributed by atoms with E-state index in [4.69, 9.17) is 16.3 Å². The van der Waals surface area contributed by atoms with E-state index in [-0.39, 0.29) is 29.9 Å². The summed E-state index contributed by atoms with van der Waals surface area (Å²) in [5, 5.41) is 7.21. The molecule has 0 spiro atoms. The topological polar surface area (TPSA) is 66.0 Å². The number of halogens is 2. The number of rotatable bonds is 6. The molecule has 1 heterocycles. The third-order valence-corrected chi connectivity index (χ3v) is 4.94. The Morgan fingerprint density at radius 3 is 2.52 bits per heavy atom. The first-order valence-corrected chi connectivity index (χ1v) is 9.64. The van der Waals surface area contributed by atoms with Gasteiger partial charge in [-0.15, -0.1) is 24.0 Å². The van der Waals surface area contributed by atoms with Crippen molar-refractivity contribution in [1.29, 1.82) is 0 Å². The predicted octanol–water partition coefficient (Wildman–Crippen LogP) is 3.96. The van der Waals surface area contributed by atoms with Gasteiger partial charge in [0.05, 0.1) is 7.11 Å². The average molecular weight is 529 g/mol. The van der Waals surface area contributed by atoms with E-state index in [9.17, 15) is 4.79 Å². The van der Waals surface area contributed by atoms with Gasteiger partial charge in [-0.1, -0.05) is 29.8 Å². The number of amides is 1. The van der Waals surface area contributed by atoms with Gasteiger partial charge in [-0.25, -0.2) is 0 Å². The molecule has 0 aliphatic carbocycles. The fourth-order valence-electron chi connectivity index (χ4n) is 3.16. The first-order valence-electron chi connectivity index (χ1n) is 9.27. The molecule has 1 amide bonds. The summed E-state index contributed by atoms with van der Waals surface area (Å²) in [6.07, 6.45) is 1.58. The van der Waals surface area contributed by atoms with Gasteiger partial charge in [0.25, 0.3) is 0 Å². The van der Waals surface area contributed by atoms with Crippen molar-refractivity contribution < 1.29 is 9.53 Å². The molecule has 0 saturated carbocycles. The fourth-order valence-corrected chi connectivity index (χ4v) is 3.33. The van der Waals surface area contributed by atoms with Crippen LogP contribution in [-0.4, -0.2) is 32.6 Å². The summed E-state index contributed by atoms with van der Waals surface area (Å²) >= 11 is 6.01. The van der Waals surface area contributed by atoms with Gasteiger partial charge < -0.3 is 20.3 Å². The molecule has 156 valence electrons. The van der Waals surface area contributed by atoms with E-state index in [1.807, 2.05) is 41.3 Å². The van der Waals surface area contributed by atoms with Crippen LogP contribution in [0.25, 0.3) is 0 Å². The third-order valence-electron chi connectivity index (χ3n) is 4.70. The summed E-state index contributed by atoms with van der Waals surface area (Å²) in [4.78, 5) is 17.9. The molecular weight excluding hydrogens is 503 g/mol. The maximum absolute atomic E-state index is 11.8. The van der Waals surface area contributed by atoms with E-state index >= 15 is 0 Å². The molecule has 0 bridgehead atoms. The van der Waals surface area contributed by atoms with Crippen LogP contribution in [0, 0.1) is 0 Å². The summed E-state index contributed by atoms with van der Waals surface area (Å²) in [6.45, 7) is 2.00. The number of hydrogen-bond acceptors (Lipinski definition) is 3. The first-order chi connectivity index (χ1) is 13.6. The SMILES string of the molecule is CN=C(NCc1ccc(N2CCCC2=O)cc1)NCc1ccc(Cl)cc1OC.I. The molecule has 2 aromatic carbocycles. The normalized spacial score (nSPS) is 13.8. The van der Waals surface area contributed by atoms with Crippen LogP contribution >= 0.6 is 35.6 Å². The Hall–Kier alpha value is -2.00. The highest BCUT2D eigenvalue weighted by molar-refractivity contribution is 14.0. The summed E-state index contributed by atoms with van der Waals surface area (Å²) < 4.78 is 5.37. The third kappa shape index (κ3) is 6.24. The maximum atomic E-state index is 11.8. The number of nitrogens with zero attached hydrogens (tertiary/aromatic N) is 2. The molecule has 1 fully saturated rings. The van der Waals surface area contributed by atoms with Crippen LogP contribution < -0.4 is 20.3 Å². The van der Waals surface area contributed by atoms with E-state index in [0.717, 1.165) is 35.5 Å². The fraction of sp³-hybridized carbons (Fsp3) is 0.333. The smallest absolute Gasteiger partial charge is 0.227 e. The number of nitrogens with one attached hydrogen (secondary N) is 2. The molecule has 0 atom stereocenters. The van der Waals surface area contributed by atoms with Crippen molar-refractivity contribution >= 4 is 53.1 Å². The van der Waals surface area contributed by atoms with Gasteiger partial charge in [-0.05, 0) is 36.2 Å². The zero-order valence-corrected chi connectivity index (χ0v) is 19.7. The van der Waals surface area contributed by atoms with Crippen molar-refractivity contribution in [3.05, 3.63) is 58.6 Å². The van der Waals surface area contributed by atoms with Crippen molar-refractivity contribution in [3.8, 4) is 5.75 Å². The lowest BCUT2D eigenvalue weighted by Gasteiger charge is -2.17. The number of hydrogen-bond donors (Lipinski definition) is 2. The van der Waals surface area contributed by atoms with Gasteiger partial charge in [0.15, 0.2) is 5.96 Å². The van der Waals surface area contributed by atoms with Crippen molar-refractivity contribution in [2.45, 2.75) is 25.9 Å². The Morgan fingerprint density at radius 2 is 1.90 bits per heavy atom. The summed E-state index contributed by atoms with van der Waals surface area (Å²) in [6, 6.07) is 13.6. The van der Waals surface area contributed by atoms with Crippen molar-refractivity contribution in [2.75, 3.05) is 25.6 Å². The lowest BCUT2D eigenvalue weighted by atomic mass is 10.2. The highest BCUT2D eigenvalue weighted by atomic mass is 127. The molecule has 2 aromatic rings. The van der Waals surface area contributed by atoms with Crippen LogP contribution in [0.1, 0.15) is 24.0 Å². The standard InChI is InChI=1S/C21H25ClN4O2.HI/c1-23-21(25-14-16-7-8-17(22)12-19(16)28-2)24-13-15-5-9-18(10-6-15)26-11-3-4-20(26)27;/h5-10,12H,3-4,11,13-14H2,1-2H3,(H2,23,24,25);1H. The second kappa shape index (κ2) is 11.3. The molecule has 8 heteroatoms. The number of guanidine groups is 1. The number of aliphatic imine (C=N–C) groups is 1. The number of anilines is 1. The number of carbonyl (C=O) groups is 1. The highest BCUT2D eigenvalue weighted by Gasteiger charge is 2.21. The minimum absolute atomic E-state index is 0. The Morgan fingerprint density at radius 1 is 1.17 bits per heavy atom. The monoisotopic (exact) mass is 528 g/mol. The average Bonchev–Trinajstić information content (AvgIpc) is 3.15. The van der Waals surface area contributed by atoms with Gasteiger partial charge in [0.1, 0.15) is 5.75 Å². The summed E-state index contributed by atoms with van der Waals surface area (Å²) in [5.74, 6) is 1.63. The minimum atomic E-state index is 0. The van der Waals surface area contributed by atoms with Gasteiger partial charge in [-0.2, -0.15) is 0 Å². The number of ether oxygens (including phenoxy) is 1. The Labute approximate surface area is 193 Å². The van der Waals surface area contributed by atoms with Crippen LogP contribution in [0.2, 0.25) is 5.02 Å². The summed E-state index contributed by atoms with van der Waals surface area (Å²) in [7, 11) is 3.36. The van der Waals surface area contributed by atoms with Crippen molar-refractivity contribution in [3.63, 3.8) is 0 Å². The zero-order valence-electron chi connectivity index (χ0n) is 16.6. The molecule has 3 rings (SSSR count). The highest BCUT2D eigenvalue weighted by Crippen LogP contribution is 2.23. The number of benzene rings is 2. The molecular formula is C21H26ClIN4O2. The molecule has 1 aliphatic heterocycles. The van der Waals surface area contributed by atoms with Crippen molar-refractivity contribution in [1.82, 2.24) is 10.6 Å². The van der Waals surface area contributed by atoms with E-state index in [1.54, 1.807) is 20.2 Å². The number of methoxy groups -OCH3 is 1. The van der Waals surface area contributed by atoms with Gasteiger partial charge >= 0.3 is 0 Å². The molecule has 29 heavy (non-hydrogen) atoms. The lowest BCUT2D eigenvalue weighted by Crippen LogP contribution is -2.36. The van der Waals surface area contributed by atoms with E-state index in [1.165, 1.54) is 0 Å². The molecule has 0 aromatic heterocycles. The second-order valence-corrected chi connectivity index (χ2v) is 6.99. The molecule has 0 radical (unpaired) electrons. The molecule has 6 nitrogen and oxygen atoms in total. The molecule has 1 aliphatic rings. The predicted molar refractivity (Wildman–Crippen MR) is 128 cm³/mol. The molecule has 1 saturated heterocycles. The Bertz CT molecular complexity index is 858. The van der Waals surface area contributed by atoms with Crippen LogP contribution in [0.4, 0.5) is 5.69 Å². The minimum Gasteiger partial charge on any atom is -0.496 e. The Kier molecular flexibility index (Phi) is 9.03. The van der Waals surface area contributed by atoms with Gasteiger partial charge in [0.2, 0.25) is 5.91 Å². The van der Waals surface area contributed by atoms with Gasteiger partial charge in [-0.3, -0.25) is 9.79 Å². The maximum Gasteiger partial charge on any atom is 0.227 e. The first kappa shape index (κ1) is 23.3. The van der Waals surface area contributed by atoms with E-state index in [2.05, 4.69) is 15.6 Å². The van der Waals surface area contributed by atoms with E-state index < -0.39 is 0 Å². The van der Waals surface area contributed by atoms with Crippen LogP contribution in [-0.2, 0) is 17.9 Å². The molecule has 0 unspecified atom stereocenters. The van der Waals surface area contributed by atoms with E-state index in [0.29, 0.717) is 30.5 Å². The number of carbonyl (C=O) groups excluding carboxylic acids is 1. The summed E-state index contributed by atoms with van der Waals surface area (Å²) in [5.41, 5.74) is 3.07. The van der Waals surface area contributed by atoms with Gasteiger partial charge in [0, 0.05) is 49.4 Å². The quantitative estimate of drug-likeness (QED) is 0.338. The Balaban J connectivity index is 0.00000300. The largest absolute Gasteiger partial charge is 0.496 e. The van der Waals surface area contributed by atoms with Crippen LogP contribution in [0.15, 0.2) is 47.5 Å². The van der Waals surface area contributed by atoms with Crippen LogP contribution in [0.3, 0.4) is 0 Å². The van der Waals surface area contributed by atoms with Crippen molar-refractivity contribution in [2.24, 2.45) is 4.99 Å². The lowest BCUT2D eigenvalue weighted by molar-refractivity contribution is -0.117. The van der Waals surface area contributed by atoms with Crippen LogP contribution in [0.5, 0.6) is 5.75 Å². The second-order valence-electron chi connectivity index (χ2n) is 6.55. The molecule has 2 N–H and O–H groups in total.